The molecule has 1 unspecified atom stereocenters. The first-order chi connectivity index (χ1) is 15.8. The second-order valence-electron chi connectivity index (χ2n) is 7.44. The number of imide groups is 1. The monoisotopic (exact) mass is 484 g/mol. The van der Waals surface area contributed by atoms with Crippen molar-refractivity contribution in [3.8, 4) is 5.75 Å². The van der Waals surface area contributed by atoms with E-state index in [4.69, 9.17) is 16.3 Å². The van der Waals surface area contributed by atoms with Crippen molar-refractivity contribution in [3.05, 3.63) is 89.4 Å². The molecule has 0 N–H and O–H groups in total. The highest BCUT2D eigenvalue weighted by molar-refractivity contribution is 7.89. The molecule has 2 amide bonds. The van der Waals surface area contributed by atoms with Crippen LogP contribution in [0.4, 0.5) is 5.69 Å². The molecule has 170 valence electrons. The maximum Gasteiger partial charge on any atom is 0.252 e. The lowest BCUT2D eigenvalue weighted by Crippen LogP contribution is -2.45. The van der Waals surface area contributed by atoms with Crippen molar-refractivity contribution < 1.29 is 22.7 Å². The Balaban J connectivity index is 1.74. The number of halogens is 1. The molecule has 1 saturated heterocycles. The highest BCUT2D eigenvalue weighted by Crippen LogP contribution is 2.32. The highest BCUT2D eigenvalue weighted by Gasteiger charge is 2.47. The molecule has 1 atom stereocenters. The number of ether oxygens (including phenoxy) is 1. The van der Waals surface area contributed by atoms with Gasteiger partial charge in [0.25, 0.3) is 5.91 Å². The molecule has 7 nitrogen and oxygen atoms in total. The number of amides is 2. The van der Waals surface area contributed by atoms with Crippen LogP contribution < -0.4 is 9.64 Å². The molecule has 3 aromatic carbocycles. The van der Waals surface area contributed by atoms with Crippen LogP contribution in [0.5, 0.6) is 5.75 Å². The maximum atomic E-state index is 13.6. The minimum Gasteiger partial charge on any atom is -0.497 e. The predicted molar refractivity (Wildman–Crippen MR) is 125 cm³/mol. The summed E-state index contributed by atoms with van der Waals surface area (Å²) in [7, 11) is -2.60. The molecule has 1 fully saturated rings. The van der Waals surface area contributed by atoms with Gasteiger partial charge >= 0.3 is 0 Å². The van der Waals surface area contributed by atoms with Gasteiger partial charge in [0, 0.05) is 11.6 Å². The lowest BCUT2D eigenvalue weighted by Gasteiger charge is -2.27. The summed E-state index contributed by atoms with van der Waals surface area (Å²) in [6.45, 7) is -0.156. The van der Waals surface area contributed by atoms with Gasteiger partial charge in [-0.2, -0.15) is 4.31 Å². The standard InChI is InChI=1S/C24H21ClN2O5S/c1-32-19-13-11-18(12-14-19)27-23(28)15-22(24(27)29)26(16-17-7-5-6-10-21(17)25)33(30,31)20-8-3-2-4-9-20/h2-14,22H,15-16H2,1H3. The molecule has 0 aliphatic carbocycles. The molecule has 1 heterocycles. The SMILES string of the molecule is COc1ccc(N2C(=O)CC(N(Cc3ccccc3Cl)S(=O)(=O)c3ccccc3)C2=O)cc1. The third-order valence-electron chi connectivity index (χ3n) is 5.43. The van der Waals surface area contributed by atoms with Gasteiger partial charge in [-0.25, -0.2) is 13.3 Å². The summed E-state index contributed by atoms with van der Waals surface area (Å²) in [5.41, 5.74) is 0.880. The van der Waals surface area contributed by atoms with Gasteiger partial charge in [0.15, 0.2) is 0 Å². The van der Waals surface area contributed by atoms with Crippen LogP contribution in [0.15, 0.2) is 83.8 Å². The van der Waals surface area contributed by atoms with Crippen LogP contribution in [0.1, 0.15) is 12.0 Å². The van der Waals surface area contributed by atoms with Crippen LogP contribution in [-0.4, -0.2) is 37.7 Å². The number of hydrogen-bond acceptors (Lipinski definition) is 5. The number of sulfonamides is 1. The van der Waals surface area contributed by atoms with E-state index < -0.39 is 27.9 Å². The van der Waals surface area contributed by atoms with Gasteiger partial charge in [0.1, 0.15) is 11.8 Å². The molecule has 33 heavy (non-hydrogen) atoms. The molecule has 3 aromatic rings. The number of rotatable bonds is 7. The molecule has 1 aliphatic rings. The number of carbonyl (C=O) groups excluding carboxylic acids is 2. The summed E-state index contributed by atoms with van der Waals surface area (Å²) in [6.07, 6.45) is -0.276. The Morgan fingerprint density at radius 2 is 1.61 bits per heavy atom. The van der Waals surface area contributed by atoms with Crippen molar-refractivity contribution in [1.29, 1.82) is 0 Å². The molecular weight excluding hydrogens is 464 g/mol. The Labute approximate surface area is 197 Å². The van der Waals surface area contributed by atoms with Crippen molar-refractivity contribution in [3.63, 3.8) is 0 Å². The maximum absolute atomic E-state index is 13.6. The quantitative estimate of drug-likeness (QED) is 0.475. The van der Waals surface area contributed by atoms with E-state index in [2.05, 4.69) is 0 Å². The fraction of sp³-hybridized carbons (Fsp3) is 0.167. The zero-order chi connectivity index (χ0) is 23.6. The third kappa shape index (κ3) is 4.50. The average Bonchev–Trinajstić information content (AvgIpc) is 3.12. The second-order valence-corrected chi connectivity index (χ2v) is 9.74. The molecule has 0 aromatic heterocycles. The predicted octanol–water partition coefficient (Wildman–Crippen LogP) is 3.87. The molecule has 0 spiro atoms. The topological polar surface area (TPSA) is 84.0 Å². The average molecular weight is 485 g/mol. The smallest absolute Gasteiger partial charge is 0.252 e. The van der Waals surface area contributed by atoms with Crippen LogP contribution in [0.25, 0.3) is 0 Å². The van der Waals surface area contributed by atoms with Gasteiger partial charge in [0.2, 0.25) is 15.9 Å². The largest absolute Gasteiger partial charge is 0.497 e. The first-order valence-corrected chi connectivity index (χ1v) is 12.0. The first-order valence-electron chi connectivity index (χ1n) is 10.1. The summed E-state index contributed by atoms with van der Waals surface area (Å²) in [6, 6.07) is 19.9. The van der Waals surface area contributed by atoms with Crippen LogP contribution in [0, 0.1) is 0 Å². The number of anilines is 1. The van der Waals surface area contributed by atoms with Crippen molar-refractivity contribution in [2.24, 2.45) is 0 Å². The molecule has 0 bridgehead atoms. The van der Waals surface area contributed by atoms with E-state index in [0.29, 0.717) is 22.0 Å². The number of nitrogens with zero attached hydrogens (tertiary/aromatic N) is 2. The fourth-order valence-electron chi connectivity index (χ4n) is 3.73. The molecular formula is C24H21ClN2O5S. The molecule has 9 heteroatoms. The van der Waals surface area contributed by atoms with Crippen LogP contribution in [0.3, 0.4) is 0 Å². The molecule has 1 aliphatic heterocycles. The van der Waals surface area contributed by atoms with Gasteiger partial charge in [-0.1, -0.05) is 48.0 Å². The van der Waals surface area contributed by atoms with Crippen molar-refractivity contribution in [2.75, 3.05) is 12.0 Å². The van der Waals surface area contributed by atoms with Gasteiger partial charge in [-0.3, -0.25) is 9.59 Å². The minimum atomic E-state index is -4.12. The summed E-state index contributed by atoms with van der Waals surface area (Å²) in [5, 5.41) is 0.370. The van der Waals surface area contributed by atoms with E-state index in [9.17, 15) is 18.0 Å². The zero-order valence-corrected chi connectivity index (χ0v) is 19.3. The summed E-state index contributed by atoms with van der Waals surface area (Å²) in [5.74, 6) is -0.527. The Hall–Kier alpha value is -3.20. The Morgan fingerprint density at radius 1 is 0.970 bits per heavy atom. The molecule has 0 saturated carbocycles. The third-order valence-corrected chi connectivity index (χ3v) is 7.67. The van der Waals surface area contributed by atoms with Crippen LogP contribution in [0.2, 0.25) is 5.02 Å². The highest BCUT2D eigenvalue weighted by atomic mass is 35.5. The van der Waals surface area contributed by atoms with Crippen LogP contribution >= 0.6 is 11.6 Å². The molecule has 0 radical (unpaired) electrons. The minimum absolute atomic E-state index is 0.0280. The van der Waals surface area contributed by atoms with Gasteiger partial charge < -0.3 is 4.74 Å². The van der Waals surface area contributed by atoms with Crippen molar-refractivity contribution >= 4 is 39.1 Å². The van der Waals surface area contributed by atoms with Crippen molar-refractivity contribution in [2.45, 2.75) is 23.9 Å². The zero-order valence-electron chi connectivity index (χ0n) is 17.7. The van der Waals surface area contributed by atoms with E-state index in [0.717, 1.165) is 9.21 Å². The van der Waals surface area contributed by atoms with Gasteiger partial charge in [0.05, 0.1) is 24.1 Å². The lowest BCUT2D eigenvalue weighted by molar-refractivity contribution is -0.122. The fourth-order valence-corrected chi connectivity index (χ4v) is 5.50. The lowest BCUT2D eigenvalue weighted by atomic mass is 10.2. The van der Waals surface area contributed by atoms with E-state index >= 15 is 0 Å². The van der Waals surface area contributed by atoms with Gasteiger partial charge in [-0.15, -0.1) is 0 Å². The number of carbonyl (C=O) groups is 2. The van der Waals surface area contributed by atoms with Gasteiger partial charge in [-0.05, 0) is 48.0 Å². The summed E-state index contributed by atoms with van der Waals surface area (Å²) >= 11 is 6.29. The van der Waals surface area contributed by atoms with E-state index in [1.807, 2.05) is 0 Å². The number of hydrogen-bond donors (Lipinski definition) is 0. The van der Waals surface area contributed by atoms with E-state index in [1.165, 1.54) is 19.2 Å². The Kier molecular flexibility index (Phi) is 6.51. The Morgan fingerprint density at radius 3 is 2.24 bits per heavy atom. The van der Waals surface area contributed by atoms with Crippen molar-refractivity contribution in [1.82, 2.24) is 4.31 Å². The van der Waals surface area contributed by atoms with E-state index in [-0.39, 0.29) is 17.9 Å². The number of methoxy groups -OCH3 is 1. The van der Waals surface area contributed by atoms with Crippen LogP contribution in [-0.2, 0) is 26.2 Å². The Bertz CT molecular complexity index is 1280. The normalized spacial score (nSPS) is 16.5. The number of benzene rings is 3. The first kappa shape index (κ1) is 23.0. The van der Waals surface area contributed by atoms with E-state index in [1.54, 1.807) is 66.7 Å². The molecule has 4 rings (SSSR count). The summed E-state index contributed by atoms with van der Waals surface area (Å²) < 4.78 is 33.4. The summed E-state index contributed by atoms with van der Waals surface area (Å²) in [4.78, 5) is 27.3. The second kappa shape index (κ2) is 9.35.